The molecule has 0 amide bonds. The van der Waals surface area contributed by atoms with Gasteiger partial charge in [-0.2, -0.15) is 0 Å². The third-order valence-corrected chi connectivity index (χ3v) is 3.21. The van der Waals surface area contributed by atoms with Gasteiger partial charge >= 0.3 is 0 Å². The maximum Gasteiger partial charge on any atom is 0.146 e. The fourth-order valence-corrected chi connectivity index (χ4v) is 2.24. The van der Waals surface area contributed by atoms with E-state index in [2.05, 4.69) is 11.4 Å². The van der Waals surface area contributed by atoms with E-state index in [9.17, 15) is 4.39 Å². The van der Waals surface area contributed by atoms with E-state index in [0.717, 1.165) is 5.75 Å². The van der Waals surface area contributed by atoms with E-state index in [-0.39, 0.29) is 11.7 Å². The van der Waals surface area contributed by atoms with E-state index in [1.54, 1.807) is 12.1 Å². The maximum absolute atomic E-state index is 13.5. The van der Waals surface area contributed by atoms with Crippen molar-refractivity contribution in [1.29, 1.82) is 0 Å². The number of rotatable bonds is 3. The average Bonchev–Trinajstić information content (AvgIpc) is 2.81. The first-order chi connectivity index (χ1) is 8.84. The van der Waals surface area contributed by atoms with Crippen LogP contribution in [0, 0.1) is 5.82 Å². The molecule has 2 aromatic rings. The minimum atomic E-state index is -0.218. The van der Waals surface area contributed by atoms with Crippen molar-refractivity contribution in [2.75, 3.05) is 18.5 Å². The third-order valence-electron chi connectivity index (χ3n) is 3.21. The molecule has 1 aliphatic rings. The van der Waals surface area contributed by atoms with E-state index in [0.29, 0.717) is 18.8 Å². The molecule has 92 valence electrons. The second kappa shape index (κ2) is 4.69. The van der Waals surface area contributed by atoms with Gasteiger partial charge in [-0.05, 0) is 18.2 Å². The van der Waals surface area contributed by atoms with Crippen molar-refractivity contribution in [1.82, 2.24) is 0 Å². The van der Waals surface area contributed by atoms with Gasteiger partial charge in [0.25, 0.3) is 0 Å². The summed E-state index contributed by atoms with van der Waals surface area (Å²) >= 11 is 0. The Hall–Kier alpha value is -2.03. The number of benzene rings is 2. The monoisotopic (exact) mass is 243 g/mol. The number of hydrogen-bond acceptors (Lipinski definition) is 2. The molecule has 3 heteroatoms. The van der Waals surface area contributed by atoms with Gasteiger partial charge in [0.05, 0.1) is 12.3 Å². The summed E-state index contributed by atoms with van der Waals surface area (Å²) in [5.74, 6) is 1.00. The molecular weight excluding hydrogens is 229 g/mol. The van der Waals surface area contributed by atoms with Gasteiger partial charge in [-0.15, -0.1) is 0 Å². The summed E-state index contributed by atoms with van der Waals surface area (Å²) < 4.78 is 19.1. The summed E-state index contributed by atoms with van der Waals surface area (Å²) in [6, 6.07) is 14.7. The van der Waals surface area contributed by atoms with Gasteiger partial charge in [0.2, 0.25) is 0 Å². The van der Waals surface area contributed by atoms with Gasteiger partial charge in [0.15, 0.2) is 0 Å². The van der Waals surface area contributed by atoms with Crippen LogP contribution in [0.2, 0.25) is 0 Å². The first kappa shape index (κ1) is 11.1. The lowest BCUT2D eigenvalue weighted by atomic mass is 10.0. The van der Waals surface area contributed by atoms with E-state index in [1.807, 2.05) is 24.3 Å². The lowest BCUT2D eigenvalue weighted by Gasteiger charge is -2.12. The van der Waals surface area contributed by atoms with Crippen LogP contribution < -0.4 is 10.1 Å². The standard InChI is InChI=1S/C15H14FNO/c16-13-6-2-3-7-14(13)17-9-11-10-18-15-8-4-1-5-12(11)15/h1-8,11,17H,9-10H2. The molecule has 0 aliphatic carbocycles. The molecule has 0 saturated heterocycles. The summed E-state index contributed by atoms with van der Waals surface area (Å²) in [5.41, 5.74) is 1.74. The molecule has 0 fully saturated rings. The van der Waals surface area contributed by atoms with Crippen LogP contribution in [0.15, 0.2) is 48.5 Å². The quantitative estimate of drug-likeness (QED) is 0.892. The predicted molar refractivity (Wildman–Crippen MR) is 69.6 cm³/mol. The van der Waals surface area contributed by atoms with Gasteiger partial charge in [-0.3, -0.25) is 0 Å². The molecule has 1 unspecified atom stereocenters. The summed E-state index contributed by atoms with van der Waals surface area (Å²) in [7, 11) is 0. The third kappa shape index (κ3) is 2.04. The van der Waals surface area contributed by atoms with Crippen molar-refractivity contribution >= 4 is 5.69 Å². The highest BCUT2D eigenvalue weighted by atomic mass is 19.1. The Balaban J connectivity index is 1.71. The molecule has 18 heavy (non-hydrogen) atoms. The van der Waals surface area contributed by atoms with Crippen molar-refractivity contribution in [3.05, 3.63) is 59.9 Å². The van der Waals surface area contributed by atoms with Crippen LogP contribution in [0.25, 0.3) is 0 Å². The topological polar surface area (TPSA) is 21.3 Å². The minimum Gasteiger partial charge on any atom is -0.493 e. The molecule has 0 saturated carbocycles. The molecule has 2 nitrogen and oxygen atoms in total. The fraction of sp³-hybridized carbons (Fsp3) is 0.200. The van der Waals surface area contributed by atoms with E-state index >= 15 is 0 Å². The van der Waals surface area contributed by atoms with Crippen molar-refractivity contribution in [3.8, 4) is 5.75 Å². The first-order valence-corrected chi connectivity index (χ1v) is 6.05. The average molecular weight is 243 g/mol. The Bertz CT molecular complexity index is 556. The highest BCUT2D eigenvalue weighted by Crippen LogP contribution is 2.33. The predicted octanol–water partition coefficient (Wildman–Crippen LogP) is 3.41. The normalized spacial score (nSPS) is 17.1. The fourth-order valence-electron chi connectivity index (χ4n) is 2.24. The van der Waals surface area contributed by atoms with Gasteiger partial charge in [0.1, 0.15) is 11.6 Å². The molecule has 0 radical (unpaired) electrons. The molecule has 0 aromatic heterocycles. The SMILES string of the molecule is Fc1ccccc1NCC1COc2ccccc21. The highest BCUT2D eigenvalue weighted by Gasteiger charge is 2.23. The smallest absolute Gasteiger partial charge is 0.146 e. The second-order valence-corrected chi connectivity index (χ2v) is 4.41. The first-order valence-electron chi connectivity index (χ1n) is 6.05. The molecule has 1 aliphatic heterocycles. The van der Waals surface area contributed by atoms with Crippen LogP contribution in [0.1, 0.15) is 11.5 Å². The molecule has 0 bridgehead atoms. The molecule has 1 atom stereocenters. The Labute approximate surface area is 105 Å². The molecule has 2 aromatic carbocycles. The van der Waals surface area contributed by atoms with Crippen LogP contribution in [0.3, 0.4) is 0 Å². The largest absolute Gasteiger partial charge is 0.493 e. The number of halogens is 1. The zero-order chi connectivity index (χ0) is 12.4. The second-order valence-electron chi connectivity index (χ2n) is 4.41. The maximum atomic E-state index is 13.5. The molecular formula is C15H14FNO. The van der Waals surface area contributed by atoms with E-state index in [4.69, 9.17) is 4.74 Å². The lowest BCUT2D eigenvalue weighted by molar-refractivity contribution is 0.334. The number of para-hydroxylation sites is 2. The number of nitrogens with one attached hydrogen (secondary N) is 1. The van der Waals surface area contributed by atoms with Crippen molar-refractivity contribution in [2.45, 2.75) is 5.92 Å². The molecule has 0 spiro atoms. The van der Waals surface area contributed by atoms with Gasteiger partial charge in [-0.1, -0.05) is 30.3 Å². The Morgan fingerprint density at radius 2 is 1.89 bits per heavy atom. The van der Waals surface area contributed by atoms with Crippen molar-refractivity contribution < 1.29 is 9.13 Å². The van der Waals surface area contributed by atoms with Crippen LogP contribution >= 0.6 is 0 Å². The number of hydrogen-bond donors (Lipinski definition) is 1. The van der Waals surface area contributed by atoms with Crippen LogP contribution in [0.4, 0.5) is 10.1 Å². The lowest BCUT2D eigenvalue weighted by Crippen LogP contribution is -2.14. The van der Waals surface area contributed by atoms with Crippen molar-refractivity contribution in [2.24, 2.45) is 0 Å². The zero-order valence-corrected chi connectivity index (χ0v) is 9.90. The summed E-state index contributed by atoms with van der Waals surface area (Å²) in [4.78, 5) is 0. The van der Waals surface area contributed by atoms with E-state index in [1.165, 1.54) is 11.6 Å². The van der Waals surface area contributed by atoms with Crippen LogP contribution in [-0.4, -0.2) is 13.2 Å². The summed E-state index contributed by atoms with van der Waals surface area (Å²) in [6.07, 6.45) is 0. The molecule has 1 heterocycles. The Morgan fingerprint density at radius 1 is 1.11 bits per heavy atom. The van der Waals surface area contributed by atoms with Gasteiger partial charge in [0, 0.05) is 18.0 Å². The number of anilines is 1. The molecule has 1 N–H and O–H groups in total. The summed E-state index contributed by atoms with van der Waals surface area (Å²) in [5, 5.41) is 3.14. The molecule has 3 rings (SSSR count). The Kier molecular flexibility index (Phi) is 2.89. The van der Waals surface area contributed by atoms with E-state index < -0.39 is 0 Å². The van der Waals surface area contributed by atoms with Gasteiger partial charge in [-0.25, -0.2) is 4.39 Å². The number of ether oxygens (including phenoxy) is 1. The van der Waals surface area contributed by atoms with Crippen molar-refractivity contribution in [3.63, 3.8) is 0 Å². The van der Waals surface area contributed by atoms with Gasteiger partial charge < -0.3 is 10.1 Å². The van der Waals surface area contributed by atoms with Crippen LogP contribution in [0.5, 0.6) is 5.75 Å². The summed E-state index contributed by atoms with van der Waals surface area (Å²) in [6.45, 7) is 1.33. The Morgan fingerprint density at radius 3 is 2.78 bits per heavy atom. The zero-order valence-electron chi connectivity index (χ0n) is 9.90. The van der Waals surface area contributed by atoms with Crippen LogP contribution in [-0.2, 0) is 0 Å². The highest BCUT2D eigenvalue weighted by molar-refractivity contribution is 5.46. The number of fused-ring (bicyclic) bond motifs is 1. The minimum absolute atomic E-state index is 0.218.